The molecule has 5 nitrogen and oxygen atoms in total. The molecular weight excluding hydrogens is 336 g/mol. The van der Waals surface area contributed by atoms with Crippen LogP contribution >= 0.6 is 0 Å². The molecule has 0 atom stereocenters. The van der Waals surface area contributed by atoms with Crippen LogP contribution in [0.3, 0.4) is 0 Å². The summed E-state index contributed by atoms with van der Waals surface area (Å²) in [7, 11) is 0. The number of anilines is 1. The molecule has 1 aromatic heterocycles. The van der Waals surface area contributed by atoms with Crippen molar-refractivity contribution in [1.29, 1.82) is 0 Å². The summed E-state index contributed by atoms with van der Waals surface area (Å²) >= 11 is 0. The van der Waals surface area contributed by atoms with Gasteiger partial charge in [-0.25, -0.2) is 4.68 Å². The molecular formula is C22H22N4O. The van der Waals surface area contributed by atoms with Crippen LogP contribution in [0.15, 0.2) is 66.2 Å². The van der Waals surface area contributed by atoms with Gasteiger partial charge in [-0.05, 0) is 56.0 Å². The van der Waals surface area contributed by atoms with E-state index in [1.54, 1.807) is 16.8 Å². The molecule has 5 heteroatoms. The smallest absolute Gasteiger partial charge is 0.258 e. The van der Waals surface area contributed by atoms with Gasteiger partial charge < -0.3 is 0 Å². The lowest BCUT2D eigenvalue weighted by molar-refractivity contribution is 0.102. The fourth-order valence-electron chi connectivity index (χ4n) is 3.33. The van der Waals surface area contributed by atoms with Gasteiger partial charge in [0.2, 0.25) is 5.95 Å². The fourth-order valence-corrected chi connectivity index (χ4v) is 3.33. The Morgan fingerprint density at radius 2 is 1.59 bits per heavy atom. The Labute approximate surface area is 158 Å². The number of benzene rings is 2. The third-order valence-electron chi connectivity index (χ3n) is 4.72. The summed E-state index contributed by atoms with van der Waals surface area (Å²) < 4.78 is 1.79. The van der Waals surface area contributed by atoms with Crippen molar-refractivity contribution >= 4 is 17.9 Å². The number of para-hydroxylation sites is 1. The molecule has 1 amide bonds. The fraction of sp³-hybridized carbons (Fsp3) is 0.227. The van der Waals surface area contributed by atoms with E-state index >= 15 is 0 Å². The van der Waals surface area contributed by atoms with Crippen molar-refractivity contribution in [3.05, 3.63) is 77.6 Å². The van der Waals surface area contributed by atoms with Crippen LogP contribution in [0.2, 0.25) is 0 Å². The maximum Gasteiger partial charge on any atom is 0.258 e. The average Bonchev–Trinajstić information content (AvgIpc) is 3.12. The van der Waals surface area contributed by atoms with Gasteiger partial charge in [0.1, 0.15) is 0 Å². The molecule has 1 aliphatic carbocycles. The SMILES string of the molecule is O=C(Nc1nc(C=C2CCCCC2)n(-c2ccccc2)n1)c1ccccc1. The standard InChI is InChI=1S/C22H22N4O/c27-21(18-12-6-2-7-13-18)24-22-23-20(16-17-10-4-1-5-11-17)26(25-22)19-14-8-3-9-15-19/h2-3,6-9,12-16H,1,4-5,10-11H2,(H,24,25,27). The third kappa shape index (κ3) is 4.14. The van der Waals surface area contributed by atoms with Crippen LogP contribution in [0.1, 0.15) is 48.3 Å². The lowest BCUT2D eigenvalue weighted by Crippen LogP contribution is -2.13. The molecule has 1 fully saturated rings. The van der Waals surface area contributed by atoms with Gasteiger partial charge >= 0.3 is 0 Å². The molecule has 1 N–H and O–H groups in total. The summed E-state index contributed by atoms with van der Waals surface area (Å²) in [5, 5.41) is 7.36. The van der Waals surface area contributed by atoms with Gasteiger partial charge in [0.05, 0.1) is 5.69 Å². The minimum absolute atomic E-state index is 0.210. The Kier molecular flexibility index (Phi) is 5.10. The van der Waals surface area contributed by atoms with E-state index in [2.05, 4.69) is 21.5 Å². The van der Waals surface area contributed by atoms with Crippen LogP contribution in [0.5, 0.6) is 0 Å². The summed E-state index contributed by atoms with van der Waals surface area (Å²) in [6, 6.07) is 19.0. The molecule has 136 valence electrons. The third-order valence-corrected chi connectivity index (χ3v) is 4.72. The van der Waals surface area contributed by atoms with E-state index in [4.69, 9.17) is 0 Å². The molecule has 0 bridgehead atoms. The topological polar surface area (TPSA) is 59.8 Å². The highest BCUT2D eigenvalue weighted by Crippen LogP contribution is 2.25. The Hall–Kier alpha value is -3.21. The van der Waals surface area contributed by atoms with E-state index < -0.39 is 0 Å². The zero-order valence-electron chi connectivity index (χ0n) is 15.1. The van der Waals surface area contributed by atoms with Crippen LogP contribution in [0, 0.1) is 0 Å². The zero-order chi connectivity index (χ0) is 18.5. The highest BCUT2D eigenvalue weighted by molar-refractivity contribution is 6.03. The molecule has 3 aromatic rings. The van der Waals surface area contributed by atoms with Crippen molar-refractivity contribution in [3.8, 4) is 5.69 Å². The molecule has 0 spiro atoms. The van der Waals surface area contributed by atoms with E-state index in [1.807, 2.05) is 48.5 Å². The second-order valence-corrected chi connectivity index (χ2v) is 6.72. The Bertz CT molecular complexity index is 937. The normalized spacial score (nSPS) is 14.0. The molecule has 1 aliphatic rings. The number of carbonyl (C=O) groups excluding carboxylic acids is 1. The summed E-state index contributed by atoms with van der Waals surface area (Å²) in [6.45, 7) is 0. The summed E-state index contributed by atoms with van der Waals surface area (Å²) in [4.78, 5) is 17.0. The largest absolute Gasteiger partial charge is 0.289 e. The average molecular weight is 358 g/mol. The summed E-state index contributed by atoms with van der Waals surface area (Å²) in [6.07, 6.45) is 8.07. The Morgan fingerprint density at radius 3 is 2.30 bits per heavy atom. The minimum atomic E-state index is -0.210. The number of allylic oxidation sites excluding steroid dienone is 1. The van der Waals surface area contributed by atoms with Gasteiger partial charge in [0.15, 0.2) is 5.82 Å². The number of aromatic nitrogens is 3. The van der Waals surface area contributed by atoms with Crippen molar-refractivity contribution in [1.82, 2.24) is 14.8 Å². The van der Waals surface area contributed by atoms with Gasteiger partial charge in [-0.15, -0.1) is 5.10 Å². The number of carbonyl (C=O) groups is 1. The molecule has 1 saturated carbocycles. The first-order valence-corrected chi connectivity index (χ1v) is 9.38. The molecule has 27 heavy (non-hydrogen) atoms. The number of nitrogens with one attached hydrogen (secondary N) is 1. The van der Waals surface area contributed by atoms with Gasteiger partial charge in [0, 0.05) is 5.56 Å². The van der Waals surface area contributed by atoms with E-state index in [0.29, 0.717) is 11.5 Å². The lowest BCUT2D eigenvalue weighted by Gasteiger charge is -2.13. The van der Waals surface area contributed by atoms with E-state index in [-0.39, 0.29) is 5.91 Å². The lowest BCUT2D eigenvalue weighted by atomic mass is 9.94. The molecule has 0 radical (unpaired) electrons. The van der Waals surface area contributed by atoms with E-state index in [1.165, 1.54) is 24.8 Å². The first kappa shape index (κ1) is 17.2. The predicted octanol–water partition coefficient (Wildman–Crippen LogP) is 4.87. The highest BCUT2D eigenvalue weighted by atomic mass is 16.1. The maximum atomic E-state index is 12.4. The summed E-state index contributed by atoms with van der Waals surface area (Å²) in [5.41, 5.74) is 2.90. The van der Waals surface area contributed by atoms with Gasteiger partial charge in [0.25, 0.3) is 5.91 Å². The van der Waals surface area contributed by atoms with Crippen LogP contribution in [-0.4, -0.2) is 20.7 Å². The monoisotopic (exact) mass is 358 g/mol. The van der Waals surface area contributed by atoms with Crippen molar-refractivity contribution in [2.45, 2.75) is 32.1 Å². The number of rotatable bonds is 4. The van der Waals surface area contributed by atoms with Crippen molar-refractivity contribution in [3.63, 3.8) is 0 Å². The second kappa shape index (κ2) is 7.99. The molecule has 2 aromatic carbocycles. The van der Waals surface area contributed by atoms with Crippen LogP contribution in [-0.2, 0) is 0 Å². The molecule has 0 unspecified atom stereocenters. The van der Waals surface area contributed by atoms with E-state index in [0.717, 1.165) is 24.4 Å². The maximum absolute atomic E-state index is 12.4. The quantitative estimate of drug-likeness (QED) is 0.724. The molecule has 4 rings (SSSR count). The highest BCUT2D eigenvalue weighted by Gasteiger charge is 2.15. The Balaban J connectivity index is 1.66. The van der Waals surface area contributed by atoms with Gasteiger partial charge in [-0.3, -0.25) is 10.1 Å². The zero-order valence-corrected chi connectivity index (χ0v) is 15.1. The van der Waals surface area contributed by atoms with E-state index in [9.17, 15) is 4.79 Å². The van der Waals surface area contributed by atoms with Crippen LogP contribution in [0.25, 0.3) is 11.8 Å². The van der Waals surface area contributed by atoms with Crippen molar-refractivity contribution in [2.75, 3.05) is 5.32 Å². The van der Waals surface area contributed by atoms with Crippen LogP contribution in [0.4, 0.5) is 5.95 Å². The molecule has 0 aliphatic heterocycles. The Morgan fingerprint density at radius 1 is 0.926 bits per heavy atom. The second-order valence-electron chi connectivity index (χ2n) is 6.72. The van der Waals surface area contributed by atoms with Gasteiger partial charge in [-0.1, -0.05) is 48.4 Å². The van der Waals surface area contributed by atoms with Crippen molar-refractivity contribution < 1.29 is 4.79 Å². The number of hydrogen-bond acceptors (Lipinski definition) is 3. The molecule has 1 heterocycles. The predicted molar refractivity (Wildman–Crippen MR) is 107 cm³/mol. The number of amides is 1. The van der Waals surface area contributed by atoms with Crippen molar-refractivity contribution in [2.24, 2.45) is 0 Å². The first-order valence-electron chi connectivity index (χ1n) is 9.38. The minimum Gasteiger partial charge on any atom is -0.289 e. The van der Waals surface area contributed by atoms with Gasteiger partial charge in [-0.2, -0.15) is 4.98 Å². The van der Waals surface area contributed by atoms with Crippen LogP contribution < -0.4 is 5.32 Å². The molecule has 0 saturated heterocycles. The number of hydrogen-bond donors (Lipinski definition) is 1. The first-order chi connectivity index (χ1) is 13.3. The number of nitrogens with zero attached hydrogens (tertiary/aromatic N) is 3. The summed E-state index contributed by atoms with van der Waals surface area (Å²) in [5.74, 6) is 0.856.